The normalized spacial score (nSPS) is 10.0. The monoisotopic (exact) mass is 329 g/mol. The summed E-state index contributed by atoms with van der Waals surface area (Å²) in [6.07, 6.45) is 0. The molecule has 118 valence electrons. The van der Waals surface area contributed by atoms with E-state index in [-0.39, 0.29) is 13.2 Å². The molecular weight excluding hydrogens is 314 g/mol. The second-order valence-electron chi connectivity index (χ2n) is 5.13. The van der Waals surface area contributed by atoms with Crippen LogP contribution in [0.1, 0.15) is 22.3 Å². The van der Waals surface area contributed by atoms with Crippen LogP contribution in [0.4, 0.5) is 0 Å². The first-order chi connectivity index (χ1) is 11.0. The Labute approximate surface area is 140 Å². The smallest absolute Gasteiger partial charge is 0.344 e. The highest BCUT2D eigenvalue weighted by Crippen LogP contribution is 2.26. The van der Waals surface area contributed by atoms with Gasteiger partial charge in [-0.15, -0.1) is 0 Å². The lowest BCUT2D eigenvalue weighted by Crippen LogP contribution is -2.15. The molecule has 0 saturated heterocycles. The Kier molecular flexibility index (Phi) is 5.61. The first kappa shape index (κ1) is 16.9. The summed E-state index contributed by atoms with van der Waals surface area (Å²) in [6.45, 7) is 3.72. The zero-order chi connectivity index (χ0) is 16.8. The minimum Gasteiger partial charge on any atom is -0.481 e. The maximum absolute atomic E-state index is 11.8. The minimum absolute atomic E-state index is 0.145. The quantitative estimate of drug-likeness (QED) is 0.779. The lowest BCUT2D eigenvalue weighted by molar-refractivity contribution is -0.147. The van der Waals surface area contributed by atoms with Crippen LogP contribution in [-0.4, -0.2) is 12.6 Å². The average molecular weight is 330 g/mol. The molecule has 5 heteroatoms. The van der Waals surface area contributed by atoms with Gasteiger partial charge in [-0.25, -0.2) is 4.79 Å². The Morgan fingerprint density at radius 3 is 2.35 bits per heavy atom. The minimum atomic E-state index is -0.455. The number of esters is 1. The van der Waals surface area contributed by atoms with E-state index >= 15 is 0 Å². The summed E-state index contributed by atoms with van der Waals surface area (Å²) in [5.74, 6) is 0.188. The van der Waals surface area contributed by atoms with E-state index in [0.717, 1.165) is 16.7 Å². The van der Waals surface area contributed by atoms with Crippen molar-refractivity contribution in [1.29, 1.82) is 5.26 Å². The molecule has 2 aromatic carbocycles. The number of ether oxygens (including phenoxy) is 2. The van der Waals surface area contributed by atoms with E-state index < -0.39 is 5.97 Å². The molecular formula is C18H16ClNO3. The number of hydrogen-bond donors (Lipinski definition) is 0. The first-order valence-corrected chi connectivity index (χ1v) is 7.41. The van der Waals surface area contributed by atoms with E-state index in [1.807, 2.05) is 19.9 Å². The summed E-state index contributed by atoms with van der Waals surface area (Å²) < 4.78 is 10.7. The van der Waals surface area contributed by atoms with Crippen molar-refractivity contribution in [2.45, 2.75) is 20.5 Å². The third-order valence-electron chi connectivity index (χ3n) is 3.24. The van der Waals surface area contributed by atoms with Gasteiger partial charge in [0, 0.05) is 5.02 Å². The molecule has 23 heavy (non-hydrogen) atoms. The number of carbonyl (C=O) groups excluding carboxylic acids is 1. The zero-order valence-corrected chi connectivity index (χ0v) is 13.7. The molecule has 0 aromatic heterocycles. The van der Waals surface area contributed by atoms with E-state index in [9.17, 15) is 4.79 Å². The van der Waals surface area contributed by atoms with Gasteiger partial charge >= 0.3 is 5.97 Å². The third-order valence-corrected chi connectivity index (χ3v) is 3.46. The van der Waals surface area contributed by atoms with E-state index in [1.165, 1.54) is 0 Å². The van der Waals surface area contributed by atoms with Crippen LogP contribution in [0.3, 0.4) is 0 Å². The van der Waals surface area contributed by atoms with Gasteiger partial charge in [-0.2, -0.15) is 5.26 Å². The van der Waals surface area contributed by atoms with Gasteiger partial charge in [-0.05, 0) is 54.8 Å². The Morgan fingerprint density at radius 1 is 1.17 bits per heavy atom. The molecule has 0 amide bonds. The molecule has 0 aliphatic rings. The van der Waals surface area contributed by atoms with Crippen molar-refractivity contribution in [3.8, 4) is 11.8 Å². The second kappa shape index (κ2) is 7.66. The predicted molar refractivity (Wildman–Crippen MR) is 87.4 cm³/mol. The second-order valence-corrected chi connectivity index (χ2v) is 5.56. The van der Waals surface area contributed by atoms with Crippen molar-refractivity contribution in [2.24, 2.45) is 0 Å². The van der Waals surface area contributed by atoms with Crippen LogP contribution in [0.25, 0.3) is 0 Å². The molecule has 0 unspecified atom stereocenters. The van der Waals surface area contributed by atoms with Crippen LogP contribution in [0, 0.1) is 25.2 Å². The lowest BCUT2D eigenvalue weighted by Gasteiger charge is -2.12. The molecule has 0 radical (unpaired) electrons. The summed E-state index contributed by atoms with van der Waals surface area (Å²) in [5, 5.41) is 9.36. The summed E-state index contributed by atoms with van der Waals surface area (Å²) in [5.41, 5.74) is 3.12. The number of nitrogens with zero attached hydrogens (tertiary/aromatic N) is 1. The van der Waals surface area contributed by atoms with Crippen LogP contribution in [-0.2, 0) is 16.1 Å². The summed E-state index contributed by atoms with van der Waals surface area (Å²) >= 11 is 5.96. The van der Waals surface area contributed by atoms with Gasteiger partial charge in [0.15, 0.2) is 6.61 Å². The van der Waals surface area contributed by atoms with Crippen LogP contribution in [0.5, 0.6) is 5.75 Å². The van der Waals surface area contributed by atoms with Crippen LogP contribution in [0.2, 0.25) is 5.02 Å². The molecule has 0 bridgehead atoms. The van der Waals surface area contributed by atoms with Crippen molar-refractivity contribution >= 4 is 17.6 Å². The zero-order valence-electron chi connectivity index (χ0n) is 12.9. The highest BCUT2D eigenvalue weighted by molar-refractivity contribution is 6.30. The molecule has 0 spiro atoms. The fourth-order valence-electron chi connectivity index (χ4n) is 2.14. The largest absolute Gasteiger partial charge is 0.481 e. The Bertz CT molecular complexity index is 725. The van der Waals surface area contributed by atoms with E-state index in [4.69, 9.17) is 26.3 Å². The summed E-state index contributed by atoms with van der Waals surface area (Å²) in [7, 11) is 0. The standard InChI is InChI=1S/C18H16ClNO3/c1-12-7-16(19)8-13(2)18(12)23-11-17(21)22-10-15-5-3-14(9-20)4-6-15/h3-8H,10-11H2,1-2H3. The van der Waals surface area contributed by atoms with E-state index in [2.05, 4.69) is 0 Å². The van der Waals surface area contributed by atoms with Crippen molar-refractivity contribution in [2.75, 3.05) is 6.61 Å². The molecule has 2 rings (SSSR count). The van der Waals surface area contributed by atoms with Crippen LogP contribution >= 0.6 is 11.6 Å². The fourth-order valence-corrected chi connectivity index (χ4v) is 2.46. The highest BCUT2D eigenvalue weighted by atomic mass is 35.5. The van der Waals surface area contributed by atoms with E-state index in [1.54, 1.807) is 36.4 Å². The SMILES string of the molecule is Cc1cc(Cl)cc(C)c1OCC(=O)OCc1ccc(C#N)cc1. The van der Waals surface area contributed by atoms with Gasteiger partial charge in [0.05, 0.1) is 11.6 Å². The number of benzene rings is 2. The topological polar surface area (TPSA) is 59.3 Å². The number of carbonyl (C=O) groups is 1. The number of nitriles is 1. The number of hydrogen-bond acceptors (Lipinski definition) is 4. The molecule has 4 nitrogen and oxygen atoms in total. The first-order valence-electron chi connectivity index (χ1n) is 7.04. The van der Waals surface area contributed by atoms with Gasteiger partial charge in [-0.3, -0.25) is 0 Å². The van der Waals surface area contributed by atoms with Gasteiger partial charge in [0.1, 0.15) is 12.4 Å². The highest BCUT2D eigenvalue weighted by Gasteiger charge is 2.10. The molecule has 0 aliphatic carbocycles. The Balaban J connectivity index is 1.87. The molecule has 0 atom stereocenters. The van der Waals surface area contributed by atoms with Gasteiger partial charge in [0.25, 0.3) is 0 Å². The summed E-state index contributed by atoms with van der Waals surface area (Å²) in [6, 6.07) is 12.5. The maximum atomic E-state index is 11.8. The average Bonchev–Trinajstić information content (AvgIpc) is 2.52. The lowest BCUT2D eigenvalue weighted by atomic mass is 10.1. The van der Waals surface area contributed by atoms with Crippen LogP contribution in [0.15, 0.2) is 36.4 Å². The number of rotatable bonds is 5. The van der Waals surface area contributed by atoms with Gasteiger partial charge in [-0.1, -0.05) is 23.7 Å². The Morgan fingerprint density at radius 2 is 1.78 bits per heavy atom. The molecule has 0 saturated carbocycles. The van der Waals surface area contributed by atoms with Gasteiger partial charge in [0.2, 0.25) is 0 Å². The fraction of sp³-hybridized carbons (Fsp3) is 0.222. The van der Waals surface area contributed by atoms with Crippen molar-refractivity contribution in [3.63, 3.8) is 0 Å². The third kappa shape index (κ3) is 4.73. The predicted octanol–water partition coefficient (Wildman–Crippen LogP) is 3.95. The molecule has 2 aromatic rings. The molecule has 0 N–H and O–H groups in total. The maximum Gasteiger partial charge on any atom is 0.344 e. The van der Waals surface area contributed by atoms with E-state index in [0.29, 0.717) is 16.3 Å². The van der Waals surface area contributed by atoms with Crippen LogP contribution < -0.4 is 4.74 Å². The number of halogens is 1. The number of aryl methyl sites for hydroxylation is 2. The molecule has 0 heterocycles. The van der Waals surface area contributed by atoms with Crippen molar-refractivity contribution < 1.29 is 14.3 Å². The van der Waals surface area contributed by atoms with Crippen molar-refractivity contribution in [3.05, 3.63) is 63.7 Å². The molecule has 0 aliphatic heterocycles. The van der Waals surface area contributed by atoms with Crippen molar-refractivity contribution in [1.82, 2.24) is 0 Å². The molecule has 0 fully saturated rings. The van der Waals surface area contributed by atoms with Gasteiger partial charge < -0.3 is 9.47 Å². The summed E-state index contributed by atoms with van der Waals surface area (Å²) in [4.78, 5) is 11.8. The Hall–Kier alpha value is -2.51.